The van der Waals surface area contributed by atoms with Gasteiger partial charge in [-0.2, -0.15) is 4.98 Å². The van der Waals surface area contributed by atoms with Gasteiger partial charge in [-0.15, -0.1) is 0 Å². The van der Waals surface area contributed by atoms with E-state index in [4.69, 9.17) is 23.3 Å². The van der Waals surface area contributed by atoms with Crippen molar-refractivity contribution < 1.29 is 37.4 Å². The van der Waals surface area contributed by atoms with Crippen LogP contribution in [0.15, 0.2) is 12.5 Å². The van der Waals surface area contributed by atoms with E-state index in [0.717, 1.165) is 0 Å². The molecule has 39 heavy (non-hydrogen) atoms. The van der Waals surface area contributed by atoms with E-state index in [9.17, 15) is 14.2 Å². The third kappa shape index (κ3) is 8.96. The summed E-state index contributed by atoms with van der Waals surface area (Å²) in [5.74, 6) is -0.577. The average molecular weight is 570 g/mol. The third-order valence-electron chi connectivity index (χ3n) is 5.67. The first-order valence-electron chi connectivity index (χ1n) is 12.8. The summed E-state index contributed by atoms with van der Waals surface area (Å²) in [6, 6.07) is 0.163. The SMILES string of the molecule is CC(C)Nc1ncc2ncn(CC3(OCP(=O)(OCOC(=O)C(C)(C)C)OCOC(=O)C(C)(C)C)CC3)c2n1. The number of rotatable bonds is 13. The summed E-state index contributed by atoms with van der Waals surface area (Å²) in [6.07, 6.45) is 4.28. The fourth-order valence-electron chi connectivity index (χ4n) is 3.18. The molecule has 2 heterocycles. The van der Waals surface area contributed by atoms with Crippen molar-refractivity contribution in [2.75, 3.05) is 25.3 Å². The van der Waals surface area contributed by atoms with Crippen LogP contribution in [0.1, 0.15) is 68.2 Å². The largest absolute Gasteiger partial charge is 0.438 e. The number of imidazole rings is 1. The zero-order valence-electron chi connectivity index (χ0n) is 24.0. The molecule has 0 aliphatic heterocycles. The van der Waals surface area contributed by atoms with Crippen molar-refractivity contribution in [1.82, 2.24) is 19.5 Å². The van der Waals surface area contributed by atoms with E-state index in [-0.39, 0.29) is 6.04 Å². The molecule has 0 unspecified atom stereocenters. The van der Waals surface area contributed by atoms with Crippen molar-refractivity contribution in [1.29, 1.82) is 0 Å². The molecule has 218 valence electrons. The lowest BCUT2D eigenvalue weighted by atomic mass is 9.98. The molecule has 0 saturated heterocycles. The lowest BCUT2D eigenvalue weighted by molar-refractivity contribution is -0.162. The Morgan fingerprint density at radius 3 is 2.08 bits per heavy atom. The Labute approximate surface area is 228 Å². The van der Waals surface area contributed by atoms with Crippen molar-refractivity contribution in [2.45, 2.75) is 86.4 Å². The fourth-order valence-corrected chi connectivity index (χ4v) is 4.26. The molecule has 0 atom stereocenters. The summed E-state index contributed by atoms with van der Waals surface area (Å²) in [4.78, 5) is 37.4. The van der Waals surface area contributed by atoms with E-state index >= 15 is 0 Å². The maximum atomic E-state index is 13.5. The average Bonchev–Trinajstić information content (AvgIpc) is 3.48. The number of nitrogens with one attached hydrogen (secondary N) is 1. The standard InChI is InChI=1S/C25H40N5O8P/c1-17(2)28-22-26-11-18-19(29-22)30(13-27-18)12-25(9-10-25)36-16-39(33,37-14-34-20(31)23(3,4)5)38-15-35-21(32)24(6,7)8/h11,13,17H,9-10,12,14-16H2,1-8H3,(H,26,28,29). The van der Waals surface area contributed by atoms with E-state index in [2.05, 4.69) is 20.3 Å². The highest BCUT2D eigenvalue weighted by atomic mass is 31.2. The normalized spacial score (nSPS) is 15.4. The molecule has 14 heteroatoms. The van der Waals surface area contributed by atoms with Crippen LogP contribution in [-0.4, -0.2) is 63.0 Å². The maximum Gasteiger partial charge on any atom is 0.361 e. The quantitative estimate of drug-likeness (QED) is 0.206. The molecule has 0 amide bonds. The molecule has 2 aromatic heterocycles. The topological polar surface area (TPSA) is 153 Å². The first-order chi connectivity index (χ1) is 18.0. The molecule has 0 aromatic carbocycles. The number of aromatic nitrogens is 4. The van der Waals surface area contributed by atoms with Gasteiger partial charge in [-0.25, -0.2) is 9.97 Å². The Morgan fingerprint density at radius 1 is 1.03 bits per heavy atom. The van der Waals surface area contributed by atoms with Crippen LogP contribution in [0.3, 0.4) is 0 Å². The summed E-state index contributed by atoms with van der Waals surface area (Å²) in [6.45, 7) is 13.3. The van der Waals surface area contributed by atoms with Gasteiger partial charge in [0.2, 0.25) is 19.5 Å². The van der Waals surface area contributed by atoms with Gasteiger partial charge in [0.25, 0.3) is 0 Å². The minimum Gasteiger partial charge on any atom is -0.438 e. The molecular formula is C25H40N5O8P. The number of ether oxygens (including phenoxy) is 3. The van der Waals surface area contributed by atoms with Gasteiger partial charge in [0, 0.05) is 6.04 Å². The van der Waals surface area contributed by atoms with Gasteiger partial charge in [-0.3, -0.25) is 23.2 Å². The molecule has 1 saturated carbocycles. The van der Waals surface area contributed by atoms with Crippen LogP contribution < -0.4 is 5.32 Å². The lowest BCUT2D eigenvalue weighted by Crippen LogP contribution is -2.26. The Morgan fingerprint density at radius 2 is 1.59 bits per heavy atom. The van der Waals surface area contributed by atoms with Crippen LogP contribution in [-0.2, 0) is 44.0 Å². The number of esters is 2. The Balaban J connectivity index is 1.67. The number of anilines is 1. The van der Waals surface area contributed by atoms with Gasteiger partial charge in [-0.1, -0.05) is 0 Å². The third-order valence-corrected chi connectivity index (χ3v) is 7.12. The minimum absolute atomic E-state index is 0.163. The highest BCUT2D eigenvalue weighted by Crippen LogP contribution is 2.52. The van der Waals surface area contributed by atoms with Crippen LogP contribution in [0, 0.1) is 10.8 Å². The van der Waals surface area contributed by atoms with Crippen molar-refractivity contribution in [3.63, 3.8) is 0 Å². The van der Waals surface area contributed by atoms with Crippen LogP contribution in [0.2, 0.25) is 0 Å². The number of hydrogen-bond donors (Lipinski definition) is 1. The van der Waals surface area contributed by atoms with Gasteiger partial charge in [-0.05, 0) is 68.2 Å². The van der Waals surface area contributed by atoms with Crippen molar-refractivity contribution in [2.24, 2.45) is 10.8 Å². The van der Waals surface area contributed by atoms with E-state index in [1.165, 1.54) is 0 Å². The van der Waals surface area contributed by atoms with Crippen LogP contribution >= 0.6 is 7.60 Å². The van der Waals surface area contributed by atoms with Crippen molar-refractivity contribution >= 4 is 36.6 Å². The lowest BCUT2D eigenvalue weighted by Gasteiger charge is -2.24. The van der Waals surface area contributed by atoms with E-state index in [1.807, 2.05) is 18.4 Å². The van der Waals surface area contributed by atoms with E-state index in [0.29, 0.717) is 36.5 Å². The summed E-state index contributed by atoms with van der Waals surface area (Å²) in [5.41, 5.74) is -0.906. The van der Waals surface area contributed by atoms with Gasteiger partial charge < -0.3 is 24.1 Å². The zero-order valence-corrected chi connectivity index (χ0v) is 24.9. The van der Waals surface area contributed by atoms with Crippen molar-refractivity contribution in [3.8, 4) is 0 Å². The summed E-state index contributed by atoms with van der Waals surface area (Å²) in [5, 5.41) is 3.17. The molecule has 2 aromatic rings. The fraction of sp³-hybridized carbons (Fsp3) is 0.720. The smallest absolute Gasteiger partial charge is 0.361 e. The van der Waals surface area contributed by atoms with Crippen LogP contribution in [0.4, 0.5) is 5.95 Å². The minimum atomic E-state index is -3.99. The Hall–Kier alpha value is -2.60. The molecule has 1 aliphatic carbocycles. The first kappa shape index (κ1) is 30.9. The monoisotopic (exact) mass is 569 g/mol. The highest BCUT2D eigenvalue weighted by molar-refractivity contribution is 7.53. The van der Waals surface area contributed by atoms with Crippen molar-refractivity contribution in [3.05, 3.63) is 12.5 Å². The van der Waals surface area contributed by atoms with E-state index < -0.39 is 55.9 Å². The van der Waals surface area contributed by atoms with Gasteiger partial charge in [0.1, 0.15) is 11.9 Å². The number of hydrogen-bond acceptors (Lipinski definition) is 12. The molecule has 1 aliphatic rings. The molecule has 1 N–H and O–H groups in total. The second-order valence-electron chi connectivity index (χ2n) is 12.0. The highest BCUT2D eigenvalue weighted by Gasteiger charge is 2.47. The van der Waals surface area contributed by atoms with Crippen LogP contribution in [0.5, 0.6) is 0 Å². The van der Waals surface area contributed by atoms with E-state index in [1.54, 1.807) is 54.1 Å². The second kappa shape index (κ2) is 11.9. The van der Waals surface area contributed by atoms with Gasteiger partial charge in [0.15, 0.2) is 5.65 Å². The second-order valence-corrected chi connectivity index (χ2v) is 14.0. The molecule has 13 nitrogen and oxygen atoms in total. The number of carbonyl (C=O) groups is 2. The first-order valence-corrected chi connectivity index (χ1v) is 14.6. The van der Waals surface area contributed by atoms with Gasteiger partial charge >= 0.3 is 19.5 Å². The van der Waals surface area contributed by atoms with Gasteiger partial charge in [0.05, 0.1) is 35.5 Å². The number of fused-ring (bicyclic) bond motifs is 1. The zero-order chi connectivity index (χ0) is 29.1. The predicted octanol–water partition coefficient (Wildman–Crippen LogP) is 4.47. The molecule has 3 rings (SSSR count). The molecule has 0 bridgehead atoms. The maximum absolute atomic E-state index is 13.5. The summed E-state index contributed by atoms with van der Waals surface area (Å²) < 4.78 is 42.4. The number of nitrogens with zero attached hydrogens (tertiary/aromatic N) is 4. The molecule has 0 radical (unpaired) electrons. The molecule has 0 spiro atoms. The van der Waals surface area contributed by atoms with Crippen LogP contribution in [0.25, 0.3) is 11.2 Å². The Bertz CT molecular complexity index is 1180. The predicted molar refractivity (Wildman–Crippen MR) is 143 cm³/mol. The summed E-state index contributed by atoms with van der Waals surface area (Å²) >= 11 is 0. The Kier molecular flexibility index (Phi) is 9.42. The molecule has 1 fully saturated rings. The molecular weight excluding hydrogens is 529 g/mol. The number of carbonyl (C=O) groups excluding carboxylic acids is 2. The summed E-state index contributed by atoms with van der Waals surface area (Å²) in [7, 11) is -3.99.